The van der Waals surface area contributed by atoms with E-state index in [1.54, 1.807) is 6.92 Å². The van der Waals surface area contributed by atoms with Gasteiger partial charge in [-0.25, -0.2) is 0 Å². The maximum atomic E-state index is 13.9. The highest BCUT2D eigenvalue weighted by Gasteiger charge is 2.50. The van der Waals surface area contributed by atoms with Crippen molar-refractivity contribution in [2.24, 2.45) is 17.1 Å². The van der Waals surface area contributed by atoms with Crippen LogP contribution in [0.25, 0.3) is 0 Å². The zero-order valence-electron chi connectivity index (χ0n) is 23.3. The van der Waals surface area contributed by atoms with Gasteiger partial charge in [0.15, 0.2) is 11.5 Å². The van der Waals surface area contributed by atoms with Crippen LogP contribution in [0.2, 0.25) is 0 Å². The first-order valence-electron chi connectivity index (χ1n) is 14.0. The lowest BCUT2D eigenvalue weighted by Crippen LogP contribution is -2.48. The van der Waals surface area contributed by atoms with E-state index in [1.807, 2.05) is 0 Å². The molecule has 0 aromatic heterocycles. The molecule has 0 bridgehead atoms. The maximum Gasteiger partial charge on any atom is 0.586 e. The van der Waals surface area contributed by atoms with Crippen LogP contribution < -0.4 is 34.7 Å². The Morgan fingerprint density at radius 3 is 2.39 bits per heavy atom. The summed E-state index contributed by atoms with van der Waals surface area (Å²) in [4.78, 5) is 25.8. The van der Waals surface area contributed by atoms with E-state index < -0.39 is 53.3 Å². The first kappa shape index (κ1) is 30.0. The third-order valence-electron chi connectivity index (χ3n) is 9.12. The Hall–Kier alpha value is -4.01. The van der Waals surface area contributed by atoms with Crippen molar-refractivity contribution >= 4 is 11.9 Å². The van der Waals surface area contributed by atoms with Crippen molar-refractivity contribution in [3.05, 3.63) is 41.5 Å². The molecule has 0 saturated heterocycles. The Morgan fingerprint density at radius 1 is 1.07 bits per heavy atom. The van der Waals surface area contributed by atoms with Crippen LogP contribution >= 0.6 is 0 Å². The molecule has 3 aliphatic heterocycles. The SMILES string of the molecule is C[C@]1(C(=O)N[C@@H]2C[C@H](C3CCC(CN)(C(=O)O)CC3)Oc3cc(OC(F)(F)F)ccc32)COc2cc3c(cc21)OC(F)(F)O3. The van der Waals surface area contributed by atoms with Gasteiger partial charge in [-0.15, -0.1) is 22.0 Å². The van der Waals surface area contributed by atoms with Gasteiger partial charge in [0.1, 0.15) is 35.4 Å². The summed E-state index contributed by atoms with van der Waals surface area (Å²) in [6.07, 6.45) is -7.65. The van der Waals surface area contributed by atoms with Crippen LogP contribution in [0.5, 0.6) is 28.7 Å². The lowest BCUT2D eigenvalue weighted by atomic mass is 9.68. The quantitative estimate of drug-likeness (QED) is 0.386. The van der Waals surface area contributed by atoms with E-state index in [9.17, 15) is 36.6 Å². The zero-order valence-corrected chi connectivity index (χ0v) is 23.3. The average molecular weight is 629 g/mol. The summed E-state index contributed by atoms with van der Waals surface area (Å²) >= 11 is 0. The monoisotopic (exact) mass is 628 g/mol. The molecule has 2 aromatic rings. The molecule has 2 aromatic carbocycles. The van der Waals surface area contributed by atoms with Crippen molar-refractivity contribution in [3.63, 3.8) is 0 Å². The van der Waals surface area contributed by atoms with Gasteiger partial charge in [0.05, 0.1) is 11.5 Å². The van der Waals surface area contributed by atoms with E-state index in [0.717, 1.165) is 12.1 Å². The number of nitrogens with one attached hydrogen (secondary N) is 1. The number of ether oxygens (including phenoxy) is 5. The smallest absolute Gasteiger partial charge is 0.492 e. The van der Waals surface area contributed by atoms with Gasteiger partial charge in [-0.05, 0) is 56.7 Å². The predicted octanol–water partition coefficient (Wildman–Crippen LogP) is 4.79. The normalized spacial score (nSPS) is 29.9. The summed E-state index contributed by atoms with van der Waals surface area (Å²) in [6.45, 7) is 1.43. The molecule has 3 atom stereocenters. The molecule has 238 valence electrons. The van der Waals surface area contributed by atoms with Crippen molar-refractivity contribution in [1.82, 2.24) is 5.32 Å². The second-order valence-electron chi connectivity index (χ2n) is 11.9. The predicted molar refractivity (Wildman–Crippen MR) is 140 cm³/mol. The molecule has 10 nitrogen and oxygen atoms in total. The minimum atomic E-state index is -4.94. The number of carbonyl (C=O) groups excluding carboxylic acids is 1. The summed E-state index contributed by atoms with van der Waals surface area (Å²) in [6, 6.07) is 5.38. The van der Waals surface area contributed by atoms with Gasteiger partial charge in [0, 0.05) is 36.2 Å². The van der Waals surface area contributed by atoms with E-state index in [0.29, 0.717) is 36.8 Å². The Kier molecular flexibility index (Phi) is 7.02. The summed E-state index contributed by atoms with van der Waals surface area (Å²) in [5, 5.41) is 12.7. The molecule has 1 aliphatic carbocycles. The number of fused-ring (bicyclic) bond motifs is 3. The Labute approximate surface area is 247 Å². The second-order valence-corrected chi connectivity index (χ2v) is 11.9. The number of nitrogens with two attached hydrogens (primary N) is 1. The number of halogens is 5. The van der Waals surface area contributed by atoms with Gasteiger partial charge < -0.3 is 39.8 Å². The molecular formula is C29H29F5N2O8. The fourth-order valence-corrected chi connectivity index (χ4v) is 6.50. The van der Waals surface area contributed by atoms with Crippen molar-refractivity contribution < 1.29 is 60.3 Å². The topological polar surface area (TPSA) is 139 Å². The lowest BCUT2D eigenvalue weighted by Gasteiger charge is -2.42. The van der Waals surface area contributed by atoms with Crippen molar-refractivity contribution in [2.75, 3.05) is 13.2 Å². The Balaban J connectivity index is 1.27. The van der Waals surface area contributed by atoms with Gasteiger partial charge >= 0.3 is 18.6 Å². The van der Waals surface area contributed by atoms with Crippen molar-refractivity contribution in [1.29, 1.82) is 0 Å². The molecule has 1 amide bonds. The fraction of sp³-hybridized carbons (Fsp3) is 0.517. The van der Waals surface area contributed by atoms with Crippen LogP contribution in [0.3, 0.4) is 0 Å². The highest BCUT2D eigenvalue weighted by Crippen LogP contribution is 2.51. The molecule has 6 rings (SSSR count). The number of rotatable bonds is 6. The molecule has 15 heteroatoms. The van der Waals surface area contributed by atoms with E-state index >= 15 is 0 Å². The number of hydrogen-bond acceptors (Lipinski definition) is 8. The zero-order chi connectivity index (χ0) is 31.7. The minimum absolute atomic E-state index is 0.0274. The lowest BCUT2D eigenvalue weighted by molar-refractivity contribution is -0.286. The van der Waals surface area contributed by atoms with Crippen molar-refractivity contribution in [3.8, 4) is 28.7 Å². The number of amides is 1. The van der Waals surface area contributed by atoms with Gasteiger partial charge in [-0.2, -0.15) is 0 Å². The molecule has 0 spiro atoms. The van der Waals surface area contributed by atoms with Gasteiger partial charge in [-0.1, -0.05) is 0 Å². The van der Waals surface area contributed by atoms with Gasteiger partial charge in [0.25, 0.3) is 0 Å². The molecule has 1 saturated carbocycles. The molecular weight excluding hydrogens is 599 g/mol. The van der Waals surface area contributed by atoms with Crippen LogP contribution in [0.1, 0.15) is 56.2 Å². The highest BCUT2D eigenvalue weighted by molar-refractivity contribution is 5.90. The molecule has 1 fully saturated rings. The first-order chi connectivity index (χ1) is 20.6. The maximum absolute atomic E-state index is 13.9. The van der Waals surface area contributed by atoms with Gasteiger partial charge in [-0.3, -0.25) is 9.59 Å². The third kappa shape index (κ3) is 5.30. The number of carbonyl (C=O) groups is 2. The van der Waals surface area contributed by atoms with E-state index in [2.05, 4.69) is 19.5 Å². The first-order valence-corrected chi connectivity index (χ1v) is 14.0. The number of carboxylic acids is 1. The minimum Gasteiger partial charge on any atom is -0.492 e. The fourth-order valence-electron chi connectivity index (χ4n) is 6.50. The largest absolute Gasteiger partial charge is 0.586 e. The molecule has 44 heavy (non-hydrogen) atoms. The average Bonchev–Trinajstić information content (AvgIpc) is 3.44. The molecule has 4 N–H and O–H groups in total. The van der Waals surface area contributed by atoms with Crippen molar-refractivity contribution in [2.45, 2.75) is 69.2 Å². The molecule has 4 aliphatic rings. The Morgan fingerprint density at radius 2 is 1.75 bits per heavy atom. The third-order valence-corrected chi connectivity index (χ3v) is 9.12. The van der Waals surface area contributed by atoms with Crippen LogP contribution in [0.15, 0.2) is 30.3 Å². The standard InChI is InChI=1S/C29H29F5N2O8/c1-26(13-40-21-11-23-22(9-17(21)26)43-29(33,34)44-23)24(37)36-18-10-19(14-4-6-27(12-35,7-5-14)25(38)39)41-20-8-15(2-3-16(18)20)42-28(30,31)32/h2-3,8-9,11,14,18-19H,4-7,10,12-13,35H2,1H3,(H,36,37)(H,38,39)/t14?,18-,19-,26+,27?/m1/s1. The summed E-state index contributed by atoms with van der Waals surface area (Å²) in [5.74, 6) is -2.40. The summed E-state index contributed by atoms with van der Waals surface area (Å²) in [5.41, 5.74) is 4.10. The van der Waals surface area contributed by atoms with E-state index in [1.165, 1.54) is 18.2 Å². The van der Waals surface area contributed by atoms with Crippen LogP contribution in [0.4, 0.5) is 22.0 Å². The number of hydrogen-bond donors (Lipinski definition) is 3. The van der Waals surface area contributed by atoms with Gasteiger partial charge in [0.2, 0.25) is 5.91 Å². The highest BCUT2D eigenvalue weighted by atomic mass is 19.4. The van der Waals surface area contributed by atoms with E-state index in [4.69, 9.17) is 15.2 Å². The second kappa shape index (κ2) is 10.3. The molecule has 3 heterocycles. The number of alkyl halides is 5. The summed E-state index contributed by atoms with van der Waals surface area (Å²) < 4.78 is 91.2. The van der Waals surface area contributed by atoms with E-state index in [-0.39, 0.29) is 48.5 Å². The van der Waals surface area contributed by atoms with Crippen LogP contribution in [0, 0.1) is 11.3 Å². The summed E-state index contributed by atoms with van der Waals surface area (Å²) in [7, 11) is 0. The number of benzene rings is 2. The Bertz CT molecular complexity index is 1490. The number of carboxylic acid groups (broad SMARTS) is 1. The van der Waals surface area contributed by atoms with Crippen LogP contribution in [-0.2, 0) is 15.0 Å². The number of aliphatic carboxylic acids is 1. The van der Waals surface area contributed by atoms with Crippen LogP contribution in [-0.4, -0.2) is 48.9 Å². The molecule has 0 unspecified atom stereocenters. The molecule has 0 radical (unpaired) electrons.